The van der Waals surface area contributed by atoms with Gasteiger partial charge in [0.2, 0.25) is 0 Å². The van der Waals surface area contributed by atoms with E-state index in [-0.39, 0.29) is 12.5 Å². The number of ether oxygens (including phenoxy) is 2. The second kappa shape index (κ2) is 9.71. The first-order valence-electron chi connectivity index (χ1n) is 8.72. The van der Waals surface area contributed by atoms with Crippen LogP contribution in [-0.2, 0) is 22.6 Å². The molecule has 0 spiro atoms. The minimum atomic E-state index is -0.134. The normalized spacial score (nSPS) is 14.8. The number of nitrogens with zero attached hydrogens (tertiary/aromatic N) is 1. The summed E-state index contributed by atoms with van der Waals surface area (Å²) in [7, 11) is 0. The summed E-state index contributed by atoms with van der Waals surface area (Å²) >= 11 is 3.37. The highest BCUT2D eigenvalue weighted by Gasteiger charge is 2.10. The second-order valence-corrected chi connectivity index (χ2v) is 7.14. The smallest absolute Gasteiger partial charge is 0.258 e. The van der Waals surface area contributed by atoms with Crippen LogP contribution in [0.2, 0.25) is 0 Å². The largest absolute Gasteiger partial charge is 0.484 e. The fourth-order valence-electron chi connectivity index (χ4n) is 2.71. The topological polar surface area (TPSA) is 50.8 Å². The van der Waals surface area contributed by atoms with Crippen LogP contribution in [-0.4, -0.2) is 43.7 Å². The molecule has 0 radical (unpaired) electrons. The molecule has 0 atom stereocenters. The summed E-state index contributed by atoms with van der Waals surface area (Å²) in [6, 6.07) is 15.8. The van der Waals surface area contributed by atoms with E-state index < -0.39 is 0 Å². The van der Waals surface area contributed by atoms with Crippen molar-refractivity contribution in [3.8, 4) is 5.75 Å². The van der Waals surface area contributed by atoms with Crippen LogP contribution < -0.4 is 10.1 Å². The van der Waals surface area contributed by atoms with Gasteiger partial charge in [0.05, 0.1) is 13.2 Å². The van der Waals surface area contributed by atoms with Crippen molar-refractivity contribution >= 4 is 21.8 Å². The van der Waals surface area contributed by atoms with Gasteiger partial charge in [-0.1, -0.05) is 40.2 Å². The van der Waals surface area contributed by atoms with Crippen molar-refractivity contribution in [3.05, 3.63) is 64.1 Å². The van der Waals surface area contributed by atoms with Gasteiger partial charge in [-0.25, -0.2) is 0 Å². The summed E-state index contributed by atoms with van der Waals surface area (Å²) in [4.78, 5) is 14.3. The zero-order valence-electron chi connectivity index (χ0n) is 14.6. The molecule has 1 amide bonds. The van der Waals surface area contributed by atoms with Crippen LogP contribution in [0.15, 0.2) is 53.0 Å². The Balaban J connectivity index is 1.39. The molecule has 138 valence electrons. The third-order valence-corrected chi connectivity index (χ3v) is 4.73. The predicted octanol–water partition coefficient (Wildman–Crippen LogP) is 2.98. The molecule has 1 heterocycles. The fraction of sp³-hybridized carbons (Fsp3) is 0.350. The Morgan fingerprint density at radius 1 is 1.04 bits per heavy atom. The molecule has 1 fully saturated rings. The van der Waals surface area contributed by atoms with E-state index in [1.165, 1.54) is 5.56 Å². The van der Waals surface area contributed by atoms with Gasteiger partial charge in [0.25, 0.3) is 5.91 Å². The number of carbonyl (C=O) groups excluding carboxylic acids is 1. The van der Waals surface area contributed by atoms with E-state index in [1.807, 2.05) is 24.3 Å². The number of amides is 1. The van der Waals surface area contributed by atoms with Crippen LogP contribution in [0.1, 0.15) is 11.1 Å². The van der Waals surface area contributed by atoms with Crippen LogP contribution in [0.5, 0.6) is 5.75 Å². The summed E-state index contributed by atoms with van der Waals surface area (Å²) in [5, 5.41) is 2.88. The third kappa shape index (κ3) is 6.12. The Kier molecular flexibility index (Phi) is 7.05. The lowest BCUT2D eigenvalue weighted by molar-refractivity contribution is -0.123. The summed E-state index contributed by atoms with van der Waals surface area (Å²) in [6.45, 7) is 5.04. The molecule has 5 nitrogen and oxygen atoms in total. The fourth-order valence-corrected chi connectivity index (χ4v) is 2.98. The predicted molar refractivity (Wildman–Crippen MR) is 104 cm³/mol. The molecule has 0 bridgehead atoms. The Hall–Kier alpha value is -1.89. The van der Waals surface area contributed by atoms with E-state index >= 15 is 0 Å². The van der Waals surface area contributed by atoms with E-state index in [1.54, 1.807) is 0 Å². The lowest BCUT2D eigenvalue weighted by Crippen LogP contribution is -2.35. The molecule has 26 heavy (non-hydrogen) atoms. The third-order valence-electron chi connectivity index (χ3n) is 4.21. The summed E-state index contributed by atoms with van der Waals surface area (Å²) < 4.78 is 11.8. The van der Waals surface area contributed by atoms with Crippen molar-refractivity contribution in [1.82, 2.24) is 10.2 Å². The molecule has 1 N–H and O–H groups in total. The SMILES string of the molecule is O=C(COc1ccc(Br)cc1)NCc1ccc(CN2CCOCC2)cc1. The van der Waals surface area contributed by atoms with Gasteiger partial charge >= 0.3 is 0 Å². The van der Waals surface area contributed by atoms with Crippen LogP contribution in [0.4, 0.5) is 0 Å². The molecule has 0 unspecified atom stereocenters. The zero-order valence-corrected chi connectivity index (χ0v) is 16.2. The van der Waals surface area contributed by atoms with Gasteiger partial charge in [0.15, 0.2) is 6.61 Å². The molecule has 3 rings (SSSR count). The monoisotopic (exact) mass is 418 g/mol. The van der Waals surface area contributed by atoms with E-state index in [4.69, 9.17) is 9.47 Å². The first-order chi connectivity index (χ1) is 12.7. The molecule has 2 aromatic rings. The summed E-state index contributed by atoms with van der Waals surface area (Å²) in [5.74, 6) is 0.543. The van der Waals surface area contributed by atoms with Gasteiger partial charge in [-0.3, -0.25) is 9.69 Å². The average molecular weight is 419 g/mol. The van der Waals surface area contributed by atoms with Gasteiger partial charge in [-0.05, 0) is 35.4 Å². The average Bonchev–Trinajstić information content (AvgIpc) is 2.68. The maximum atomic E-state index is 11.9. The first-order valence-corrected chi connectivity index (χ1v) is 9.51. The maximum Gasteiger partial charge on any atom is 0.258 e. The van der Waals surface area contributed by atoms with E-state index in [0.29, 0.717) is 12.3 Å². The van der Waals surface area contributed by atoms with Crippen LogP contribution >= 0.6 is 15.9 Å². The zero-order chi connectivity index (χ0) is 18.2. The van der Waals surface area contributed by atoms with E-state index in [2.05, 4.69) is 50.4 Å². The number of nitrogens with one attached hydrogen (secondary N) is 1. The van der Waals surface area contributed by atoms with Gasteiger partial charge in [-0.2, -0.15) is 0 Å². The number of morpholine rings is 1. The van der Waals surface area contributed by atoms with Crippen LogP contribution in [0, 0.1) is 0 Å². The number of benzene rings is 2. The Morgan fingerprint density at radius 3 is 2.38 bits per heavy atom. The van der Waals surface area contributed by atoms with Crippen LogP contribution in [0.3, 0.4) is 0 Å². The molecule has 1 saturated heterocycles. The quantitative estimate of drug-likeness (QED) is 0.750. The van der Waals surface area contributed by atoms with Crippen molar-refractivity contribution in [2.45, 2.75) is 13.1 Å². The highest BCUT2D eigenvalue weighted by molar-refractivity contribution is 9.10. The molecule has 2 aromatic carbocycles. The van der Waals surface area contributed by atoms with E-state index in [9.17, 15) is 4.79 Å². The molecular weight excluding hydrogens is 396 g/mol. The first kappa shape index (κ1) is 18.9. The highest BCUT2D eigenvalue weighted by atomic mass is 79.9. The van der Waals surface area contributed by atoms with Crippen molar-refractivity contribution in [2.75, 3.05) is 32.9 Å². The number of hydrogen-bond donors (Lipinski definition) is 1. The molecule has 0 saturated carbocycles. The van der Waals surface area contributed by atoms with E-state index in [0.717, 1.165) is 42.9 Å². The van der Waals surface area contributed by atoms with Gasteiger partial charge in [0, 0.05) is 30.7 Å². The second-order valence-electron chi connectivity index (χ2n) is 6.22. The summed E-state index contributed by atoms with van der Waals surface area (Å²) in [5.41, 5.74) is 2.35. The Labute approximate surface area is 162 Å². The standard InChI is InChI=1S/C20H23BrN2O3/c21-18-5-7-19(8-6-18)26-15-20(24)22-13-16-1-3-17(4-2-16)14-23-9-11-25-12-10-23/h1-8H,9-15H2,(H,22,24). The molecule has 1 aliphatic heterocycles. The molecule has 1 aliphatic rings. The number of rotatable bonds is 7. The van der Waals surface area contributed by atoms with Gasteiger partial charge in [0.1, 0.15) is 5.75 Å². The van der Waals surface area contributed by atoms with Crippen molar-refractivity contribution in [2.24, 2.45) is 0 Å². The van der Waals surface area contributed by atoms with Gasteiger partial charge < -0.3 is 14.8 Å². The minimum Gasteiger partial charge on any atom is -0.484 e. The highest BCUT2D eigenvalue weighted by Crippen LogP contribution is 2.16. The van der Waals surface area contributed by atoms with Crippen molar-refractivity contribution < 1.29 is 14.3 Å². The maximum absolute atomic E-state index is 11.9. The van der Waals surface area contributed by atoms with Gasteiger partial charge in [-0.15, -0.1) is 0 Å². The Bertz CT molecular complexity index is 698. The lowest BCUT2D eigenvalue weighted by atomic mass is 10.1. The minimum absolute atomic E-state index is 0.0107. The number of hydrogen-bond acceptors (Lipinski definition) is 4. The number of halogens is 1. The molecule has 0 aliphatic carbocycles. The molecule has 0 aromatic heterocycles. The van der Waals surface area contributed by atoms with Crippen molar-refractivity contribution in [1.29, 1.82) is 0 Å². The summed E-state index contributed by atoms with van der Waals surface area (Å²) in [6.07, 6.45) is 0. The molecular formula is C20H23BrN2O3. The van der Waals surface area contributed by atoms with Crippen molar-refractivity contribution in [3.63, 3.8) is 0 Å². The number of carbonyl (C=O) groups is 1. The molecule has 6 heteroatoms. The van der Waals surface area contributed by atoms with Crippen LogP contribution in [0.25, 0.3) is 0 Å². The lowest BCUT2D eigenvalue weighted by Gasteiger charge is -2.26. The Morgan fingerprint density at radius 2 is 1.69 bits per heavy atom.